The molecule has 144 valence electrons. The number of carbonyl (C=O) groups excluding carboxylic acids is 1. The van der Waals surface area contributed by atoms with Crippen LogP contribution in [-0.2, 0) is 11.2 Å². The van der Waals surface area contributed by atoms with Gasteiger partial charge in [-0.25, -0.2) is 0 Å². The van der Waals surface area contributed by atoms with Crippen molar-refractivity contribution in [2.24, 2.45) is 0 Å². The zero-order chi connectivity index (χ0) is 19.1. The Morgan fingerprint density at radius 1 is 1.07 bits per heavy atom. The SMILES string of the molecule is Cc1cccc(N2CCN(CCC(=O)NCCc3cccc(Cl)c3)CC2)c1. The molecule has 1 aliphatic rings. The van der Waals surface area contributed by atoms with Crippen LogP contribution in [0.15, 0.2) is 48.5 Å². The van der Waals surface area contributed by atoms with E-state index in [-0.39, 0.29) is 5.91 Å². The zero-order valence-corrected chi connectivity index (χ0v) is 16.7. The van der Waals surface area contributed by atoms with Gasteiger partial charge in [0.2, 0.25) is 5.91 Å². The van der Waals surface area contributed by atoms with Crippen molar-refractivity contribution >= 4 is 23.2 Å². The topological polar surface area (TPSA) is 35.6 Å². The number of nitrogens with zero attached hydrogens (tertiary/aromatic N) is 2. The van der Waals surface area contributed by atoms with E-state index in [0.717, 1.165) is 49.7 Å². The molecule has 1 N–H and O–H groups in total. The minimum atomic E-state index is 0.123. The molecule has 0 unspecified atom stereocenters. The first-order valence-electron chi connectivity index (χ1n) is 9.65. The second-order valence-electron chi connectivity index (χ2n) is 7.15. The Morgan fingerprint density at radius 2 is 1.85 bits per heavy atom. The third kappa shape index (κ3) is 6.26. The molecule has 1 heterocycles. The summed E-state index contributed by atoms with van der Waals surface area (Å²) in [7, 11) is 0. The Labute approximate surface area is 167 Å². The van der Waals surface area contributed by atoms with E-state index in [4.69, 9.17) is 11.6 Å². The molecule has 1 fully saturated rings. The van der Waals surface area contributed by atoms with E-state index >= 15 is 0 Å². The number of hydrogen-bond acceptors (Lipinski definition) is 3. The monoisotopic (exact) mass is 385 g/mol. The van der Waals surface area contributed by atoms with Gasteiger partial charge < -0.3 is 10.2 Å². The summed E-state index contributed by atoms with van der Waals surface area (Å²) in [5, 5.41) is 3.75. The van der Waals surface area contributed by atoms with E-state index in [1.165, 1.54) is 11.3 Å². The number of anilines is 1. The Hall–Kier alpha value is -2.04. The molecule has 2 aromatic rings. The molecule has 3 rings (SSSR count). The van der Waals surface area contributed by atoms with Crippen molar-refractivity contribution < 1.29 is 4.79 Å². The predicted octanol–water partition coefficient (Wildman–Crippen LogP) is 3.52. The number of benzene rings is 2. The molecule has 0 spiro atoms. The molecule has 27 heavy (non-hydrogen) atoms. The molecule has 0 bridgehead atoms. The van der Waals surface area contributed by atoms with Crippen LogP contribution in [0.2, 0.25) is 5.02 Å². The van der Waals surface area contributed by atoms with Gasteiger partial charge in [-0.05, 0) is 48.7 Å². The number of piperazine rings is 1. The number of hydrogen-bond donors (Lipinski definition) is 1. The summed E-state index contributed by atoms with van der Waals surface area (Å²) in [6, 6.07) is 16.4. The average molecular weight is 386 g/mol. The molecule has 0 radical (unpaired) electrons. The molecule has 1 amide bonds. The number of aryl methyl sites for hydroxylation is 1. The van der Waals surface area contributed by atoms with E-state index in [9.17, 15) is 4.79 Å². The fourth-order valence-electron chi connectivity index (χ4n) is 3.44. The van der Waals surface area contributed by atoms with Crippen molar-refractivity contribution in [1.29, 1.82) is 0 Å². The molecule has 0 saturated carbocycles. The standard InChI is InChI=1S/C22H28ClN3O/c1-18-4-2-7-21(16-18)26-14-12-25(13-15-26)11-9-22(27)24-10-8-19-5-3-6-20(23)17-19/h2-7,16-17H,8-15H2,1H3,(H,24,27). The lowest BCUT2D eigenvalue weighted by molar-refractivity contribution is -0.121. The van der Waals surface area contributed by atoms with Crippen LogP contribution < -0.4 is 10.2 Å². The molecule has 5 heteroatoms. The molecule has 0 aliphatic carbocycles. The van der Waals surface area contributed by atoms with Gasteiger partial charge in [0.05, 0.1) is 0 Å². The second kappa shape index (κ2) is 9.77. The lowest BCUT2D eigenvalue weighted by Crippen LogP contribution is -2.47. The van der Waals surface area contributed by atoms with E-state index in [2.05, 4.69) is 46.3 Å². The van der Waals surface area contributed by atoms with Crippen LogP contribution in [0.3, 0.4) is 0 Å². The van der Waals surface area contributed by atoms with Crippen molar-refractivity contribution in [3.05, 3.63) is 64.7 Å². The van der Waals surface area contributed by atoms with E-state index in [0.29, 0.717) is 13.0 Å². The van der Waals surface area contributed by atoms with Crippen LogP contribution in [0.5, 0.6) is 0 Å². The lowest BCUT2D eigenvalue weighted by atomic mass is 10.1. The Morgan fingerprint density at radius 3 is 2.59 bits per heavy atom. The van der Waals surface area contributed by atoms with Crippen molar-refractivity contribution in [2.75, 3.05) is 44.2 Å². The minimum absolute atomic E-state index is 0.123. The van der Waals surface area contributed by atoms with Gasteiger partial charge in [0.15, 0.2) is 0 Å². The van der Waals surface area contributed by atoms with Gasteiger partial charge in [-0.15, -0.1) is 0 Å². The first-order chi connectivity index (χ1) is 13.1. The summed E-state index contributed by atoms with van der Waals surface area (Å²) in [5.74, 6) is 0.123. The number of halogens is 1. The zero-order valence-electron chi connectivity index (χ0n) is 16.0. The molecule has 2 aromatic carbocycles. The Balaban J connectivity index is 1.33. The van der Waals surface area contributed by atoms with Crippen LogP contribution >= 0.6 is 11.6 Å². The highest BCUT2D eigenvalue weighted by atomic mass is 35.5. The van der Waals surface area contributed by atoms with Crippen molar-refractivity contribution in [3.8, 4) is 0 Å². The average Bonchev–Trinajstić information content (AvgIpc) is 2.67. The normalized spacial score (nSPS) is 15.0. The van der Waals surface area contributed by atoms with Gasteiger partial charge in [0.25, 0.3) is 0 Å². The van der Waals surface area contributed by atoms with Crippen LogP contribution in [0, 0.1) is 6.92 Å². The summed E-state index contributed by atoms with van der Waals surface area (Å²) >= 11 is 5.98. The van der Waals surface area contributed by atoms with Crippen molar-refractivity contribution in [3.63, 3.8) is 0 Å². The highest BCUT2D eigenvalue weighted by Crippen LogP contribution is 2.17. The second-order valence-corrected chi connectivity index (χ2v) is 7.58. The third-order valence-corrected chi connectivity index (χ3v) is 5.25. The molecule has 1 saturated heterocycles. The fourth-order valence-corrected chi connectivity index (χ4v) is 3.65. The van der Waals surface area contributed by atoms with Gasteiger partial charge in [-0.1, -0.05) is 35.9 Å². The van der Waals surface area contributed by atoms with Gasteiger partial charge in [0, 0.05) is 56.4 Å². The predicted molar refractivity (Wildman–Crippen MR) is 113 cm³/mol. The first-order valence-corrected chi connectivity index (χ1v) is 10.0. The quantitative estimate of drug-likeness (QED) is 0.792. The summed E-state index contributed by atoms with van der Waals surface area (Å²) in [4.78, 5) is 16.9. The summed E-state index contributed by atoms with van der Waals surface area (Å²) in [6.07, 6.45) is 1.36. The highest BCUT2D eigenvalue weighted by Gasteiger charge is 2.17. The van der Waals surface area contributed by atoms with Crippen molar-refractivity contribution in [2.45, 2.75) is 19.8 Å². The van der Waals surface area contributed by atoms with Crippen LogP contribution in [0.1, 0.15) is 17.5 Å². The van der Waals surface area contributed by atoms with Crippen LogP contribution in [-0.4, -0.2) is 50.1 Å². The first kappa shape index (κ1) is 19.7. The molecule has 1 aliphatic heterocycles. The largest absolute Gasteiger partial charge is 0.369 e. The number of nitrogens with one attached hydrogen (secondary N) is 1. The van der Waals surface area contributed by atoms with Crippen molar-refractivity contribution in [1.82, 2.24) is 10.2 Å². The fraction of sp³-hybridized carbons (Fsp3) is 0.409. The maximum absolute atomic E-state index is 12.1. The maximum atomic E-state index is 12.1. The molecular formula is C22H28ClN3O. The lowest BCUT2D eigenvalue weighted by Gasteiger charge is -2.36. The minimum Gasteiger partial charge on any atom is -0.369 e. The highest BCUT2D eigenvalue weighted by molar-refractivity contribution is 6.30. The maximum Gasteiger partial charge on any atom is 0.221 e. The smallest absolute Gasteiger partial charge is 0.221 e. The van der Waals surface area contributed by atoms with Crippen LogP contribution in [0.25, 0.3) is 0 Å². The van der Waals surface area contributed by atoms with Gasteiger partial charge >= 0.3 is 0 Å². The molecular weight excluding hydrogens is 358 g/mol. The van der Waals surface area contributed by atoms with E-state index < -0.39 is 0 Å². The van der Waals surface area contributed by atoms with Crippen LogP contribution in [0.4, 0.5) is 5.69 Å². The van der Waals surface area contributed by atoms with E-state index in [1.54, 1.807) is 0 Å². The van der Waals surface area contributed by atoms with Gasteiger partial charge in [0.1, 0.15) is 0 Å². The molecule has 0 aromatic heterocycles. The Bertz CT molecular complexity index is 757. The Kier molecular flexibility index (Phi) is 7.13. The van der Waals surface area contributed by atoms with Gasteiger partial charge in [-0.3, -0.25) is 9.69 Å². The summed E-state index contributed by atoms with van der Waals surface area (Å²) in [6.45, 7) is 7.64. The summed E-state index contributed by atoms with van der Waals surface area (Å²) in [5.41, 5.74) is 3.74. The molecule has 0 atom stereocenters. The number of carbonyl (C=O) groups is 1. The summed E-state index contributed by atoms with van der Waals surface area (Å²) < 4.78 is 0. The number of rotatable bonds is 7. The molecule has 4 nitrogen and oxygen atoms in total. The third-order valence-electron chi connectivity index (χ3n) is 5.02. The van der Waals surface area contributed by atoms with Gasteiger partial charge in [-0.2, -0.15) is 0 Å². The number of amides is 1. The van der Waals surface area contributed by atoms with E-state index in [1.807, 2.05) is 24.3 Å².